The molecule has 1 saturated heterocycles. The molecule has 0 saturated carbocycles. The summed E-state index contributed by atoms with van der Waals surface area (Å²) in [6.07, 6.45) is -4.56. The molecule has 0 spiro atoms. The summed E-state index contributed by atoms with van der Waals surface area (Å²) < 4.78 is 60.0. The van der Waals surface area contributed by atoms with Crippen molar-refractivity contribution in [3.05, 3.63) is 29.3 Å². The first kappa shape index (κ1) is 14.3. The molecule has 2 rings (SSSR count). The van der Waals surface area contributed by atoms with Crippen molar-refractivity contribution in [2.45, 2.75) is 11.9 Å². The monoisotopic (exact) mass is 293 g/mol. The van der Waals surface area contributed by atoms with Gasteiger partial charge in [-0.25, -0.2) is 0 Å². The van der Waals surface area contributed by atoms with E-state index in [2.05, 4.69) is 5.32 Å². The molecule has 1 fully saturated rings. The van der Waals surface area contributed by atoms with E-state index in [1.54, 1.807) is 4.90 Å². The maximum Gasteiger partial charge on any atom is 0.416 e. The first-order valence-corrected chi connectivity index (χ1v) is 6.84. The summed E-state index contributed by atoms with van der Waals surface area (Å²) in [5, 5.41) is 3.02. The van der Waals surface area contributed by atoms with Crippen molar-refractivity contribution in [3.63, 3.8) is 0 Å². The maximum atomic E-state index is 12.9. The van der Waals surface area contributed by atoms with Crippen molar-refractivity contribution in [3.8, 4) is 0 Å². The minimum atomic E-state index is -4.56. The van der Waals surface area contributed by atoms with Crippen LogP contribution >= 0.6 is 0 Å². The summed E-state index contributed by atoms with van der Waals surface area (Å²) in [4.78, 5) is 1.77. The van der Waals surface area contributed by atoms with Gasteiger partial charge in [0, 0.05) is 24.5 Å². The molecule has 0 aromatic heterocycles. The second kappa shape index (κ2) is 5.48. The second-order valence-electron chi connectivity index (χ2n) is 4.21. The van der Waals surface area contributed by atoms with Gasteiger partial charge in [-0.3, -0.25) is 9.53 Å². The number of anilines is 1. The van der Waals surface area contributed by atoms with Gasteiger partial charge in [0.05, 0.1) is 12.2 Å². The lowest BCUT2D eigenvalue weighted by Gasteiger charge is -2.21. The van der Waals surface area contributed by atoms with E-state index in [1.165, 1.54) is 12.1 Å². The molecule has 1 unspecified atom stereocenters. The molecular formula is C11H12F3N2O2S-. The number of rotatable bonds is 3. The van der Waals surface area contributed by atoms with Gasteiger partial charge in [0.25, 0.3) is 0 Å². The van der Waals surface area contributed by atoms with Crippen molar-refractivity contribution in [1.82, 2.24) is 5.32 Å². The molecule has 1 N–H and O–H groups in total. The van der Waals surface area contributed by atoms with Crippen LogP contribution in [0.4, 0.5) is 18.9 Å². The predicted molar refractivity (Wildman–Crippen MR) is 64.3 cm³/mol. The average Bonchev–Trinajstić information content (AvgIpc) is 2.80. The largest absolute Gasteiger partial charge is 0.772 e. The van der Waals surface area contributed by atoms with E-state index in [0.29, 0.717) is 25.4 Å². The quantitative estimate of drug-likeness (QED) is 0.857. The SMILES string of the molecule is O=S([O-])Cc1ccc(N2CCNC2)cc1C(F)(F)F. The number of hydrogen-bond acceptors (Lipinski definition) is 4. The van der Waals surface area contributed by atoms with Gasteiger partial charge in [-0.1, -0.05) is 17.1 Å². The van der Waals surface area contributed by atoms with Gasteiger partial charge in [-0.15, -0.1) is 0 Å². The zero-order valence-electron chi connectivity index (χ0n) is 9.87. The molecule has 0 aliphatic carbocycles. The molecule has 0 amide bonds. The van der Waals surface area contributed by atoms with Gasteiger partial charge in [0.2, 0.25) is 0 Å². The normalized spacial score (nSPS) is 17.8. The highest BCUT2D eigenvalue weighted by molar-refractivity contribution is 7.78. The van der Waals surface area contributed by atoms with Crippen LogP contribution in [0.15, 0.2) is 18.2 Å². The molecule has 1 aliphatic heterocycles. The lowest BCUT2D eigenvalue weighted by molar-refractivity contribution is -0.138. The fraction of sp³-hybridized carbons (Fsp3) is 0.455. The Morgan fingerprint density at radius 1 is 1.42 bits per heavy atom. The van der Waals surface area contributed by atoms with E-state index in [9.17, 15) is 21.9 Å². The van der Waals surface area contributed by atoms with Crippen LogP contribution in [0.2, 0.25) is 0 Å². The van der Waals surface area contributed by atoms with Crippen molar-refractivity contribution in [2.75, 3.05) is 24.7 Å². The van der Waals surface area contributed by atoms with Gasteiger partial charge < -0.3 is 9.45 Å². The molecule has 1 heterocycles. The highest BCUT2D eigenvalue weighted by Crippen LogP contribution is 2.35. The topological polar surface area (TPSA) is 55.4 Å². The summed E-state index contributed by atoms with van der Waals surface area (Å²) in [5.74, 6) is -0.632. The third kappa shape index (κ3) is 3.46. The highest BCUT2D eigenvalue weighted by atomic mass is 32.2. The Bertz CT molecular complexity index is 487. The molecule has 0 bridgehead atoms. The standard InChI is InChI=1S/C11H13F3N2O2S/c12-11(13,14)10-5-9(16-4-3-15-7-16)2-1-8(10)6-19(17)18/h1-2,5,15H,3-4,6-7H2,(H,17,18)/p-1. The van der Waals surface area contributed by atoms with Crippen LogP contribution in [-0.2, 0) is 23.0 Å². The van der Waals surface area contributed by atoms with Crippen molar-refractivity contribution >= 4 is 16.8 Å². The highest BCUT2D eigenvalue weighted by Gasteiger charge is 2.34. The second-order valence-corrected chi connectivity index (χ2v) is 5.11. The molecule has 106 valence electrons. The summed E-state index contributed by atoms with van der Waals surface area (Å²) in [6, 6.07) is 3.76. The van der Waals surface area contributed by atoms with E-state index >= 15 is 0 Å². The van der Waals surface area contributed by atoms with Crippen LogP contribution < -0.4 is 10.2 Å². The van der Waals surface area contributed by atoms with Crippen LogP contribution in [-0.4, -0.2) is 28.5 Å². The number of halogens is 3. The molecule has 1 atom stereocenters. The van der Waals surface area contributed by atoms with E-state index in [-0.39, 0.29) is 5.56 Å². The lowest BCUT2D eigenvalue weighted by Crippen LogP contribution is -2.22. The molecule has 1 aliphatic rings. The van der Waals surface area contributed by atoms with Gasteiger partial charge >= 0.3 is 6.18 Å². The van der Waals surface area contributed by atoms with Crippen LogP contribution in [0.3, 0.4) is 0 Å². The molecule has 8 heteroatoms. The van der Waals surface area contributed by atoms with E-state index in [0.717, 1.165) is 6.07 Å². The summed E-state index contributed by atoms with van der Waals surface area (Å²) >= 11 is -2.55. The maximum absolute atomic E-state index is 12.9. The lowest BCUT2D eigenvalue weighted by atomic mass is 10.1. The Kier molecular flexibility index (Phi) is 4.12. The number of benzene rings is 1. The molecule has 1 aromatic rings. The third-order valence-electron chi connectivity index (χ3n) is 2.90. The average molecular weight is 293 g/mol. The van der Waals surface area contributed by atoms with Crippen molar-refractivity contribution < 1.29 is 21.9 Å². The van der Waals surface area contributed by atoms with Crippen molar-refractivity contribution in [2.24, 2.45) is 0 Å². The van der Waals surface area contributed by atoms with Gasteiger partial charge in [0.15, 0.2) is 0 Å². The Morgan fingerprint density at radius 3 is 2.68 bits per heavy atom. The zero-order valence-corrected chi connectivity index (χ0v) is 10.7. The first-order chi connectivity index (χ1) is 8.88. The van der Waals surface area contributed by atoms with Crippen LogP contribution in [0.5, 0.6) is 0 Å². The zero-order chi connectivity index (χ0) is 14.0. The minimum absolute atomic E-state index is 0.225. The van der Waals surface area contributed by atoms with Gasteiger partial charge in [0.1, 0.15) is 0 Å². The number of hydrogen-bond donors (Lipinski definition) is 1. The van der Waals surface area contributed by atoms with Gasteiger partial charge in [-0.05, 0) is 17.7 Å². The molecule has 0 radical (unpaired) electrons. The molecule has 4 nitrogen and oxygen atoms in total. The number of nitrogens with one attached hydrogen (secondary N) is 1. The minimum Gasteiger partial charge on any atom is -0.772 e. The van der Waals surface area contributed by atoms with E-state index < -0.39 is 28.6 Å². The first-order valence-electron chi connectivity index (χ1n) is 5.59. The Morgan fingerprint density at radius 2 is 2.16 bits per heavy atom. The predicted octanol–water partition coefficient (Wildman–Crippen LogP) is 1.45. The summed E-state index contributed by atoms with van der Waals surface area (Å²) in [5.41, 5.74) is -0.671. The summed E-state index contributed by atoms with van der Waals surface area (Å²) in [6.45, 7) is 1.84. The van der Waals surface area contributed by atoms with E-state index in [4.69, 9.17) is 0 Å². The van der Waals surface area contributed by atoms with Crippen LogP contribution in [0.1, 0.15) is 11.1 Å². The number of nitrogens with zero attached hydrogens (tertiary/aromatic N) is 1. The van der Waals surface area contributed by atoms with Crippen LogP contribution in [0.25, 0.3) is 0 Å². The summed E-state index contributed by atoms with van der Waals surface area (Å²) in [7, 11) is 0. The Balaban J connectivity index is 2.38. The third-order valence-corrected chi connectivity index (χ3v) is 3.45. The smallest absolute Gasteiger partial charge is 0.416 e. The van der Waals surface area contributed by atoms with Crippen molar-refractivity contribution in [1.29, 1.82) is 0 Å². The number of alkyl halides is 3. The molecule has 1 aromatic carbocycles. The molecule has 19 heavy (non-hydrogen) atoms. The molecular weight excluding hydrogens is 281 g/mol. The van der Waals surface area contributed by atoms with E-state index in [1.807, 2.05) is 0 Å². The Labute approximate surface area is 110 Å². The Hall–Kier alpha value is -1.12. The fourth-order valence-corrected chi connectivity index (χ4v) is 2.51. The van der Waals surface area contributed by atoms with Gasteiger partial charge in [-0.2, -0.15) is 13.2 Å². The fourth-order valence-electron chi connectivity index (χ4n) is 2.01. The van der Waals surface area contributed by atoms with Crippen LogP contribution in [0, 0.1) is 0 Å².